The first-order valence-electron chi connectivity index (χ1n) is 10.5. The summed E-state index contributed by atoms with van der Waals surface area (Å²) in [4.78, 5) is 30.4. The molecule has 2 amide bonds. The second-order valence-corrected chi connectivity index (χ2v) is 8.99. The molecule has 174 valence electrons. The zero-order valence-electron chi connectivity index (χ0n) is 18.5. The van der Waals surface area contributed by atoms with Crippen LogP contribution in [0, 0.1) is 18.3 Å². The quantitative estimate of drug-likeness (QED) is 0.512. The van der Waals surface area contributed by atoms with E-state index in [-0.39, 0.29) is 29.1 Å². The minimum absolute atomic E-state index is 0.0218. The number of carbonyl (C=O) groups excluding carboxylic acids is 2. The molecule has 2 aromatic heterocycles. The van der Waals surface area contributed by atoms with Crippen LogP contribution in [0.1, 0.15) is 38.9 Å². The normalized spacial score (nSPS) is 13.0. The SMILES string of the molecule is CCNC(=O)c1cc(C#N)cc(C)c1NC(=O)c1cc(OC2CSC2)nn1-c1ncccc1Cl. The third-order valence-electron chi connectivity index (χ3n) is 5.04. The summed E-state index contributed by atoms with van der Waals surface area (Å²) in [7, 11) is 0. The van der Waals surface area contributed by atoms with Crippen LogP contribution in [0.2, 0.25) is 5.02 Å². The summed E-state index contributed by atoms with van der Waals surface area (Å²) in [5.74, 6) is 1.31. The average molecular weight is 497 g/mol. The van der Waals surface area contributed by atoms with Crippen LogP contribution in [0.15, 0.2) is 36.5 Å². The van der Waals surface area contributed by atoms with Crippen LogP contribution in [0.25, 0.3) is 5.82 Å². The number of ether oxygens (including phenoxy) is 1. The smallest absolute Gasteiger partial charge is 0.274 e. The number of benzene rings is 1. The first-order valence-corrected chi connectivity index (χ1v) is 12.0. The molecule has 0 unspecified atom stereocenters. The van der Waals surface area contributed by atoms with E-state index < -0.39 is 11.8 Å². The number of halogens is 1. The molecule has 4 rings (SSSR count). The first kappa shape index (κ1) is 23.6. The Hall–Kier alpha value is -3.55. The standard InChI is InChI=1S/C23H21ClN6O3S/c1-3-26-22(31)16-8-14(10-25)7-13(2)20(16)28-23(32)18-9-19(33-15-11-34-12-15)29-30(18)21-17(24)5-4-6-27-21/h4-9,15H,3,11-12H2,1-2H3,(H,26,31)(H,28,32). The van der Waals surface area contributed by atoms with Gasteiger partial charge >= 0.3 is 0 Å². The minimum atomic E-state index is -0.537. The number of aromatic nitrogens is 3. The van der Waals surface area contributed by atoms with E-state index in [2.05, 4.69) is 20.7 Å². The topological polar surface area (TPSA) is 122 Å². The van der Waals surface area contributed by atoms with Gasteiger partial charge in [-0.1, -0.05) is 11.6 Å². The summed E-state index contributed by atoms with van der Waals surface area (Å²) in [6.07, 6.45) is 1.57. The molecule has 0 spiro atoms. The Morgan fingerprint density at radius 2 is 2.12 bits per heavy atom. The molecule has 0 radical (unpaired) electrons. The van der Waals surface area contributed by atoms with E-state index in [9.17, 15) is 14.9 Å². The molecule has 9 nitrogen and oxygen atoms in total. The van der Waals surface area contributed by atoms with E-state index in [0.717, 1.165) is 11.5 Å². The third-order valence-corrected chi connectivity index (χ3v) is 6.55. The van der Waals surface area contributed by atoms with Crippen LogP contribution in [0.3, 0.4) is 0 Å². The van der Waals surface area contributed by atoms with Crippen molar-refractivity contribution in [1.82, 2.24) is 20.1 Å². The van der Waals surface area contributed by atoms with Gasteiger partial charge in [0.25, 0.3) is 11.8 Å². The lowest BCUT2D eigenvalue weighted by atomic mass is 10.0. The van der Waals surface area contributed by atoms with Crippen LogP contribution in [0.4, 0.5) is 5.69 Å². The van der Waals surface area contributed by atoms with E-state index in [1.807, 2.05) is 6.07 Å². The van der Waals surface area contributed by atoms with Gasteiger partial charge in [0.2, 0.25) is 5.88 Å². The van der Waals surface area contributed by atoms with Crippen LogP contribution >= 0.6 is 23.4 Å². The van der Waals surface area contributed by atoms with Crippen molar-refractivity contribution in [2.45, 2.75) is 20.0 Å². The number of rotatable bonds is 7. The second-order valence-electron chi connectivity index (χ2n) is 7.51. The van der Waals surface area contributed by atoms with Gasteiger partial charge in [-0.3, -0.25) is 9.59 Å². The van der Waals surface area contributed by atoms with Crippen molar-refractivity contribution in [2.75, 3.05) is 23.4 Å². The van der Waals surface area contributed by atoms with Gasteiger partial charge in [-0.05, 0) is 43.7 Å². The maximum absolute atomic E-state index is 13.4. The summed E-state index contributed by atoms with van der Waals surface area (Å²) in [6, 6.07) is 9.94. The van der Waals surface area contributed by atoms with Gasteiger partial charge < -0.3 is 15.4 Å². The molecule has 34 heavy (non-hydrogen) atoms. The number of thioether (sulfide) groups is 1. The fourth-order valence-corrected chi connectivity index (χ4v) is 4.12. The number of pyridine rings is 1. The molecule has 2 N–H and O–H groups in total. The summed E-state index contributed by atoms with van der Waals surface area (Å²) < 4.78 is 7.20. The predicted octanol–water partition coefficient (Wildman–Crippen LogP) is 3.60. The number of hydrogen-bond acceptors (Lipinski definition) is 7. The van der Waals surface area contributed by atoms with Crippen molar-refractivity contribution < 1.29 is 14.3 Å². The first-order chi connectivity index (χ1) is 16.4. The number of nitrogens with one attached hydrogen (secondary N) is 2. The lowest BCUT2D eigenvalue weighted by Gasteiger charge is -2.24. The number of anilines is 1. The fraction of sp³-hybridized carbons (Fsp3) is 0.261. The number of nitriles is 1. The number of amides is 2. The zero-order valence-corrected chi connectivity index (χ0v) is 20.0. The Morgan fingerprint density at radius 1 is 1.32 bits per heavy atom. The largest absolute Gasteiger partial charge is 0.472 e. The summed E-state index contributed by atoms with van der Waals surface area (Å²) in [5, 5.41) is 19.6. The molecule has 3 heterocycles. The van der Waals surface area contributed by atoms with Crippen LogP contribution in [0.5, 0.6) is 5.88 Å². The Morgan fingerprint density at radius 3 is 2.76 bits per heavy atom. The van der Waals surface area contributed by atoms with E-state index >= 15 is 0 Å². The molecule has 11 heteroatoms. The summed E-state index contributed by atoms with van der Waals surface area (Å²) in [5.41, 5.74) is 1.51. The number of carbonyl (C=O) groups is 2. The molecule has 1 aliphatic rings. The van der Waals surface area contributed by atoms with Crippen molar-refractivity contribution >= 4 is 40.9 Å². The lowest BCUT2D eigenvalue weighted by molar-refractivity contribution is 0.0956. The highest BCUT2D eigenvalue weighted by Crippen LogP contribution is 2.28. The summed E-state index contributed by atoms with van der Waals surface area (Å²) >= 11 is 8.09. The van der Waals surface area contributed by atoms with Gasteiger partial charge in [0.05, 0.1) is 27.9 Å². The number of hydrogen-bond donors (Lipinski definition) is 2. The van der Waals surface area contributed by atoms with E-state index in [1.165, 1.54) is 16.8 Å². The van der Waals surface area contributed by atoms with E-state index in [1.54, 1.807) is 50.0 Å². The van der Waals surface area contributed by atoms with Gasteiger partial charge in [-0.25, -0.2) is 9.67 Å². The van der Waals surface area contributed by atoms with Crippen molar-refractivity contribution in [3.8, 4) is 17.8 Å². The Labute approximate surface area is 205 Å². The Balaban J connectivity index is 1.74. The van der Waals surface area contributed by atoms with Gasteiger partial charge in [0.1, 0.15) is 11.8 Å². The van der Waals surface area contributed by atoms with Crippen molar-refractivity contribution in [2.24, 2.45) is 0 Å². The van der Waals surface area contributed by atoms with Gasteiger partial charge in [-0.2, -0.15) is 17.0 Å². The van der Waals surface area contributed by atoms with Crippen LogP contribution in [-0.4, -0.2) is 50.7 Å². The minimum Gasteiger partial charge on any atom is -0.472 e. The molecule has 0 atom stereocenters. The highest BCUT2D eigenvalue weighted by atomic mass is 35.5. The predicted molar refractivity (Wildman–Crippen MR) is 130 cm³/mol. The van der Waals surface area contributed by atoms with Crippen LogP contribution < -0.4 is 15.4 Å². The van der Waals surface area contributed by atoms with Crippen molar-refractivity contribution in [3.63, 3.8) is 0 Å². The molecule has 0 aliphatic carbocycles. The lowest BCUT2D eigenvalue weighted by Crippen LogP contribution is -2.31. The van der Waals surface area contributed by atoms with Gasteiger partial charge in [-0.15, -0.1) is 5.10 Å². The van der Waals surface area contributed by atoms with Gasteiger partial charge in [0, 0.05) is 30.3 Å². The molecule has 0 bridgehead atoms. The monoisotopic (exact) mass is 496 g/mol. The highest BCUT2D eigenvalue weighted by Gasteiger charge is 2.26. The maximum atomic E-state index is 13.4. The van der Waals surface area contributed by atoms with E-state index in [4.69, 9.17) is 16.3 Å². The zero-order chi connectivity index (χ0) is 24.2. The summed E-state index contributed by atoms with van der Waals surface area (Å²) in [6.45, 7) is 3.90. The molecule has 1 aliphatic heterocycles. The Bertz CT molecular complexity index is 1300. The van der Waals surface area contributed by atoms with Crippen molar-refractivity contribution in [3.05, 3.63) is 63.9 Å². The second kappa shape index (κ2) is 10.2. The third kappa shape index (κ3) is 4.85. The molecule has 0 saturated carbocycles. The van der Waals surface area contributed by atoms with Gasteiger partial charge in [0.15, 0.2) is 5.82 Å². The molecule has 1 aromatic carbocycles. The fourth-order valence-electron chi connectivity index (χ4n) is 3.36. The molecular formula is C23H21ClN6O3S. The van der Waals surface area contributed by atoms with Crippen LogP contribution in [-0.2, 0) is 0 Å². The number of nitrogens with zero attached hydrogens (tertiary/aromatic N) is 4. The highest BCUT2D eigenvalue weighted by molar-refractivity contribution is 8.00. The molecule has 3 aromatic rings. The average Bonchev–Trinajstić information content (AvgIpc) is 3.21. The van der Waals surface area contributed by atoms with E-state index in [0.29, 0.717) is 28.4 Å². The Kier molecular flexibility index (Phi) is 7.05. The molecular weight excluding hydrogens is 476 g/mol. The molecule has 1 saturated heterocycles. The molecule has 1 fully saturated rings. The number of aryl methyl sites for hydroxylation is 1. The maximum Gasteiger partial charge on any atom is 0.274 e. The van der Waals surface area contributed by atoms with Crippen molar-refractivity contribution in [1.29, 1.82) is 5.26 Å².